The van der Waals surface area contributed by atoms with Crippen LogP contribution in [0.25, 0.3) is 0 Å². The van der Waals surface area contributed by atoms with Gasteiger partial charge in [-0.05, 0) is 83.9 Å². The summed E-state index contributed by atoms with van der Waals surface area (Å²) in [5.74, 6) is 12.1. The highest BCUT2D eigenvalue weighted by molar-refractivity contribution is 5.04. The Balaban J connectivity index is 1.50. The standard InChI is InChI=1S/C24H44/c1-9-19-13(3)11-21(19)14(4)12-22-18(8)24(22)16(6)15(5)23-17(7)20(23)10-2/h13-24H,9-12H2,1-8H3. The molecule has 0 radical (unpaired) electrons. The van der Waals surface area contributed by atoms with E-state index in [9.17, 15) is 0 Å². The van der Waals surface area contributed by atoms with E-state index in [1.54, 1.807) is 0 Å². The Kier molecular flexibility index (Phi) is 5.44. The first kappa shape index (κ1) is 18.8. The van der Waals surface area contributed by atoms with E-state index in [0.717, 1.165) is 71.0 Å². The summed E-state index contributed by atoms with van der Waals surface area (Å²) in [6, 6.07) is 0. The molecule has 0 aromatic heterocycles. The van der Waals surface area contributed by atoms with Gasteiger partial charge in [-0.15, -0.1) is 0 Å². The monoisotopic (exact) mass is 332 g/mol. The molecule has 0 aromatic rings. The molecule has 0 spiro atoms. The third-order valence-electron chi connectivity index (χ3n) is 9.56. The normalized spacial score (nSPS) is 50.8. The summed E-state index contributed by atoms with van der Waals surface area (Å²) in [6.45, 7) is 20.1. The van der Waals surface area contributed by atoms with Gasteiger partial charge in [-0.25, -0.2) is 0 Å². The van der Waals surface area contributed by atoms with E-state index >= 15 is 0 Å². The Bertz CT molecular complexity index is 426. The molecule has 0 saturated heterocycles. The van der Waals surface area contributed by atoms with Gasteiger partial charge in [0.25, 0.3) is 0 Å². The molecule has 0 amide bonds. The SMILES string of the molecule is CCC1C(C)CC1C(C)CC1C(C)C1C(C)C(C)C1C(C)C1CC. The van der Waals surface area contributed by atoms with Crippen LogP contribution in [0, 0.1) is 71.0 Å². The third-order valence-corrected chi connectivity index (χ3v) is 9.56. The first-order valence-corrected chi connectivity index (χ1v) is 11.3. The van der Waals surface area contributed by atoms with Gasteiger partial charge in [0.05, 0.1) is 0 Å². The van der Waals surface area contributed by atoms with E-state index in [1.807, 2.05) is 0 Å². The molecule has 0 heterocycles. The lowest BCUT2D eigenvalue weighted by atomic mass is 9.59. The van der Waals surface area contributed by atoms with Gasteiger partial charge in [0.15, 0.2) is 0 Å². The van der Waals surface area contributed by atoms with E-state index in [4.69, 9.17) is 0 Å². The molecule has 3 fully saturated rings. The maximum Gasteiger partial charge on any atom is -0.0326 e. The maximum atomic E-state index is 2.59. The highest BCUT2D eigenvalue weighted by Gasteiger charge is 2.56. The molecule has 0 nitrogen and oxygen atoms in total. The summed E-state index contributed by atoms with van der Waals surface area (Å²) in [5, 5.41) is 0. The number of rotatable bonds is 8. The zero-order chi connectivity index (χ0) is 17.8. The highest BCUT2D eigenvalue weighted by atomic mass is 14.6. The average molecular weight is 333 g/mol. The van der Waals surface area contributed by atoms with Crippen molar-refractivity contribution in [2.45, 2.75) is 81.1 Å². The molecule has 140 valence electrons. The van der Waals surface area contributed by atoms with Crippen molar-refractivity contribution in [3.63, 3.8) is 0 Å². The second-order valence-electron chi connectivity index (χ2n) is 10.5. The lowest BCUT2D eigenvalue weighted by Gasteiger charge is -2.46. The quantitative estimate of drug-likeness (QED) is 0.443. The topological polar surface area (TPSA) is 0 Å². The van der Waals surface area contributed by atoms with Crippen LogP contribution in [-0.4, -0.2) is 0 Å². The van der Waals surface area contributed by atoms with E-state index in [1.165, 1.54) is 25.7 Å². The Morgan fingerprint density at radius 2 is 1.25 bits per heavy atom. The van der Waals surface area contributed by atoms with Gasteiger partial charge in [0, 0.05) is 0 Å². The first-order valence-electron chi connectivity index (χ1n) is 11.3. The minimum absolute atomic E-state index is 0.948. The lowest BCUT2D eigenvalue weighted by Crippen LogP contribution is -2.38. The molecule has 3 aliphatic carbocycles. The summed E-state index contributed by atoms with van der Waals surface area (Å²) in [4.78, 5) is 0. The van der Waals surface area contributed by atoms with Gasteiger partial charge in [0.2, 0.25) is 0 Å². The van der Waals surface area contributed by atoms with Gasteiger partial charge < -0.3 is 0 Å². The van der Waals surface area contributed by atoms with Crippen LogP contribution in [0.2, 0.25) is 0 Å². The van der Waals surface area contributed by atoms with Crippen LogP contribution in [0.3, 0.4) is 0 Å². The summed E-state index contributed by atoms with van der Waals surface area (Å²) >= 11 is 0. The molecule has 3 rings (SSSR count). The van der Waals surface area contributed by atoms with Crippen molar-refractivity contribution in [1.29, 1.82) is 0 Å². The highest BCUT2D eigenvalue weighted by Crippen LogP contribution is 2.62. The third kappa shape index (κ3) is 3.09. The molecule has 0 aromatic carbocycles. The van der Waals surface area contributed by atoms with Crippen molar-refractivity contribution in [2.75, 3.05) is 0 Å². The minimum atomic E-state index is 0.948. The molecule has 3 aliphatic rings. The van der Waals surface area contributed by atoms with Gasteiger partial charge >= 0.3 is 0 Å². The second-order valence-corrected chi connectivity index (χ2v) is 10.5. The molecule has 12 unspecified atom stereocenters. The van der Waals surface area contributed by atoms with Crippen molar-refractivity contribution in [1.82, 2.24) is 0 Å². The fraction of sp³-hybridized carbons (Fsp3) is 1.00. The summed E-state index contributed by atoms with van der Waals surface area (Å²) < 4.78 is 0. The fourth-order valence-corrected chi connectivity index (χ4v) is 7.58. The van der Waals surface area contributed by atoms with E-state index in [0.29, 0.717) is 0 Å². The van der Waals surface area contributed by atoms with Crippen molar-refractivity contribution in [3.8, 4) is 0 Å². The van der Waals surface area contributed by atoms with Gasteiger partial charge in [-0.2, -0.15) is 0 Å². The van der Waals surface area contributed by atoms with Crippen LogP contribution in [0.4, 0.5) is 0 Å². The zero-order valence-corrected chi connectivity index (χ0v) is 17.8. The molecule has 0 N–H and O–H groups in total. The Morgan fingerprint density at radius 3 is 1.71 bits per heavy atom. The second kappa shape index (κ2) is 6.96. The van der Waals surface area contributed by atoms with Crippen LogP contribution in [0.15, 0.2) is 0 Å². The summed E-state index contributed by atoms with van der Waals surface area (Å²) in [6.07, 6.45) is 5.84. The molecule has 12 atom stereocenters. The summed E-state index contributed by atoms with van der Waals surface area (Å²) in [7, 11) is 0. The molecule has 0 heteroatoms. The fourth-order valence-electron chi connectivity index (χ4n) is 7.58. The van der Waals surface area contributed by atoms with E-state index < -0.39 is 0 Å². The molecule has 0 aliphatic heterocycles. The van der Waals surface area contributed by atoms with Crippen molar-refractivity contribution >= 4 is 0 Å². The van der Waals surface area contributed by atoms with Crippen LogP contribution in [-0.2, 0) is 0 Å². The van der Waals surface area contributed by atoms with Crippen molar-refractivity contribution in [2.24, 2.45) is 71.0 Å². The molecule has 3 saturated carbocycles. The molecule has 24 heavy (non-hydrogen) atoms. The van der Waals surface area contributed by atoms with E-state index in [2.05, 4.69) is 55.4 Å². The first-order chi connectivity index (χ1) is 11.3. The van der Waals surface area contributed by atoms with Gasteiger partial charge in [-0.3, -0.25) is 0 Å². The van der Waals surface area contributed by atoms with Gasteiger partial charge in [-0.1, -0.05) is 68.2 Å². The maximum absolute atomic E-state index is 2.59. The lowest BCUT2D eigenvalue weighted by molar-refractivity contribution is 0.0310. The Labute approximate surface area is 152 Å². The Hall–Kier alpha value is 0. The van der Waals surface area contributed by atoms with Gasteiger partial charge in [0.1, 0.15) is 0 Å². The zero-order valence-electron chi connectivity index (χ0n) is 17.8. The molecular formula is C24H44. The molecular weight excluding hydrogens is 288 g/mol. The number of hydrogen-bond donors (Lipinski definition) is 0. The predicted octanol–water partition coefficient (Wildman–Crippen LogP) is 7.14. The smallest absolute Gasteiger partial charge is 0.0326 e. The largest absolute Gasteiger partial charge is 0.0651 e. The Morgan fingerprint density at radius 1 is 0.750 bits per heavy atom. The van der Waals surface area contributed by atoms with Crippen LogP contribution in [0.1, 0.15) is 81.1 Å². The molecule has 0 bridgehead atoms. The predicted molar refractivity (Wildman–Crippen MR) is 106 cm³/mol. The minimum Gasteiger partial charge on any atom is -0.0651 e. The van der Waals surface area contributed by atoms with Crippen LogP contribution in [0.5, 0.6) is 0 Å². The van der Waals surface area contributed by atoms with Crippen molar-refractivity contribution < 1.29 is 0 Å². The van der Waals surface area contributed by atoms with E-state index in [-0.39, 0.29) is 0 Å². The number of hydrogen-bond acceptors (Lipinski definition) is 0. The van der Waals surface area contributed by atoms with Crippen molar-refractivity contribution in [3.05, 3.63) is 0 Å². The summed E-state index contributed by atoms with van der Waals surface area (Å²) in [5.41, 5.74) is 0. The van der Waals surface area contributed by atoms with Crippen LogP contribution < -0.4 is 0 Å². The van der Waals surface area contributed by atoms with Crippen LogP contribution >= 0.6 is 0 Å². The average Bonchev–Trinajstić information content (AvgIpc) is 3.39.